The highest BCUT2D eigenvalue weighted by atomic mass is 32.2. The monoisotopic (exact) mass is 316 g/mol. The average molecular weight is 316 g/mol. The number of rotatable bonds is 4. The van der Waals surface area contributed by atoms with Gasteiger partial charge in [0, 0.05) is 26.2 Å². The van der Waals surface area contributed by atoms with E-state index in [2.05, 4.69) is 10.2 Å². The van der Waals surface area contributed by atoms with Crippen molar-refractivity contribution in [3.8, 4) is 0 Å². The van der Waals surface area contributed by atoms with Crippen molar-refractivity contribution in [3.63, 3.8) is 0 Å². The molecule has 1 aliphatic heterocycles. The third kappa shape index (κ3) is 3.34. The predicted molar refractivity (Wildman–Crippen MR) is 77.6 cm³/mol. The van der Waals surface area contributed by atoms with Gasteiger partial charge in [0.25, 0.3) is 16.1 Å². The van der Waals surface area contributed by atoms with Crippen LogP contribution in [0.5, 0.6) is 0 Å². The fourth-order valence-corrected chi connectivity index (χ4v) is 2.96. The lowest BCUT2D eigenvalue weighted by Crippen LogP contribution is -2.52. The number of nitrogens with zero attached hydrogens (tertiary/aromatic N) is 3. The molecule has 0 spiro atoms. The second kappa shape index (κ2) is 6.00. The molecule has 0 radical (unpaired) electrons. The van der Waals surface area contributed by atoms with E-state index in [-0.39, 0.29) is 37.8 Å². The maximum absolute atomic E-state index is 12.4. The Labute approximate surface area is 123 Å². The quantitative estimate of drug-likeness (QED) is 0.647. The molecule has 5 N–H and O–H groups in total. The highest BCUT2D eigenvalue weighted by Crippen LogP contribution is 2.18. The number of carbonyl (C=O) groups excluding carboxylic acids is 1. The van der Waals surface area contributed by atoms with Gasteiger partial charge in [0.2, 0.25) is 0 Å². The second-order valence-electron chi connectivity index (χ2n) is 4.95. The summed E-state index contributed by atoms with van der Waals surface area (Å²) in [6.07, 6.45) is 1.62. The summed E-state index contributed by atoms with van der Waals surface area (Å²) in [6.45, 7) is 2.90. The standard InChI is InChI=1S/C11H20N6O3S/c1-2-3-8-9(12)10(15-14-8)11(18)16-4-6-17(7-5-16)21(13,19)20/h2-7,12H2,1H3,(H,14,15)(H2,13,19,20). The number of aromatic amines is 1. The summed E-state index contributed by atoms with van der Waals surface area (Å²) in [5.41, 5.74) is 7.25. The van der Waals surface area contributed by atoms with E-state index in [1.807, 2.05) is 6.92 Å². The van der Waals surface area contributed by atoms with Gasteiger partial charge < -0.3 is 10.6 Å². The number of nitrogens with two attached hydrogens (primary N) is 2. The number of anilines is 1. The Morgan fingerprint density at radius 3 is 2.48 bits per heavy atom. The Balaban J connectivity index is 2.05. The Morgan fingerprint density at radius 2 is 1.95 bits per heavy atom. The van der Waals surface area contributed by atoms with E-state index in [9.17, 15) is 13.2 Å². The molecule has 0 bridgehead atoms. The molecule has 0 atom stereocenters. The summed E-state index contributed by atoms with van der Waals surface area (Å²) in [5.74, 6) is -0.292. The van der Waals surface area contributed by atoms with Crippen molar-refractivity contribution >= 4 is 21.8 Å². The summed E-state index contributed by atoms with van der Waals surface area (Å²) < 4.78 is 23.6. The zero-order valence-electron chi connectivity index (χ0n) is 11.9. The SMILES string of the molecule is CCCc1[nH]nc(C(=O)N2CCN(S(N)(=O)=O)CC2)c1N. The molecule has 1 aromatic rings. The maximum Gasteiger partial charge on any atom is 0.277 e. The Bertz CT molecular complexity index is 618. The molecule has 2 rings (SSSR count). The minimum absolute atomic E-state index is 0.177. The van der Waals surface area contributed by atoms with Crippen LogP contribution in [-0.2, 0) is 16.6 Å². The molecule has 0 unspecified atom stereocenters. The number of hydrogen-bond donors (Lipinski definition) is 3. The van der Waals surface area contributed by atoms with E-state index >= 15 is 0 Å². The van der Waals surface area contributed by atoms with E-state index in [0.717, 1.165) is 22.8 Å². The number of nitrogens with one attached hydrogen (secondary N) is 1. The summed E-state index contributed by atoms with van der Waals surface area (Å²) in [6, 6.07) is 0. The third-order valence-corrected chi connectivity index (χ3v) is 4.56. The van der Waals surface area contributed by atoms with Crippen LogP contribution in [0.15, 0.2) is 0 Å². The van der Waals surface area contributed by atoms with Crippen LogP contribution < -0.4 is 10.9 Å². The van der Waals surface area contributed by atoms with Crippen LogP contribution in [0.4, 0.5) is 5.69 Å². The molecule has 1 aromatic heterocycles. The lowest BCUT2D eigenvalue weighted by Gasteiger charge is -2.32. The molecule has 2 heterocycles. The molecule has 9 nitrogen and oxygen atoms in total. The zero-order chi connectivity index (χ0) is 15.6. The number of nitrogen functional groups attached to an aromatic ring is 1. The fraction of sp³-hybridized carbons (Fsp3) is 0.636. The topological polar surface area (TPSA) is 138 Å². The van der Waals surface area contributed by atoms with Gasteiger partial charge in [-0.2, -0.15) is 17.8 Å². The number of aromatic nitrogens is 2. The van der Waals surface area contributed by atoms with Crippen molar-refractivity contribution in [1.82, 2.24) is 19.4 Å². The number of H-pyrrole nitrogens is 1. The van der Waals surface area contributed by atoms with Crippen LogP contribution in [0.2, 0.25) is 0 Å². The second-order valence-corrected chi connectivity index (χ2v) is 6.50. The van der Waals surface area contributed by atoms with Crippen LogP contribution in [0.25, 0.3) is 0 Å². The van der Waals surface area contributed by atoms with Crippen molar-refractivity contribution in [1.29, 1.82) is 0 Å². The van der Waals surface area contributed by atoms with Gasteiger partial charge >= 0.3 is 0 Å². The lowest BCUT2D eigenvalue weighted by molar-refractivity contribution is 0.0693. The number of aryl methyl sites for hydroxylation is 1. The first-order chi connectivity index (χ1) is 9.84. The summed E-state index contributed by atoms with van der Waals surface area (Å²) in [4.78, 5) is 13.9. The van der Waals surface area contributed by atoms with E-state index in [4.69, 9.17) is 10.9 Å². The molecule has 1 amide bonds. The smallest absolute Gasteiger partial charge is 0.277 e. The van der Waals surface area contributed by atoms with Crippen LogP contribution in [0.1, 0.15) is 29.5 Å². The van der Waals surface area contributed by atoms with Gasteiger partial charge in [-0.3, -0.25) is 9.89 Å². The summed E-state index contributed by atoms with van der Waals surface area (Å²) in [5, 5.41) is 11.8. The van der Waals surface area contributed by atoms with Gasteiger partial charge in [-0.25, -0.2) is 5.14 Å². The molecule has 0 aromatic carbocycles. The molecular formula is C11H20N6O3S. The van der Waals surface area contributed by atoms with Crippen LogP contribution >= 0.6 is 0 Å². The Kier molecular flexibility index (Phi) is 4.49. The van der Waals surface area contributed by atoms with E-state index < -0.39 is 10.2 Å². The highest BCUT2D eigenvalue weighted by molar-refractivity contribution is 7.86. The molecule has 0 aliphatic carbocycles. The van der Waals surface area contributed by atoms with Crippen LogP contribution in [-0.4, -0.2) is 59.9 Å². The Morgan fingerprint density at radius 1 is 1.33 bits per heavy atom. The highest BCUT2D eigenvalue weighted by Gasteiger charge is 2.29. The third-order valence-electron chi connectivity index (χ3n) is 3.47. The number of amides is 1. The molecule has 1 saturated heterocycles. The van der Waals surface area contributed by atoms with Crippen LogP contribution in [0, 0.1) is 0 Å². The van der Waals surface area contributed by atoms with Crippen molar-refractivity contribution in [3.05, 3.63) is 11.4 Å². The van der Waals surface area contributed by atoms with Crippen molar-refractivity contribution in [2.24, 2.45) is 5.14 Å². The predicted octanol–water partition coefficient (Wildman–Crippen LogP) is -1.09. The van der Waals surface area contributed by atoms with Gasteiger partial charge in [0.05, 0.1) is 11.4 Å². The van der Waals surface area contributed by atoms with E-state index in [1.54, 1.807) is 0 Å². The average Bonchev–Trinajstić information content (AvgIpc) is 2.79. The maximum atomic E-state index is 12.4. The number of piperazine rings is 1. The minimum Gasteiger partial charge on any atom is -0.395 e. The van der Waals surface area contributed by atoms with Crippen LogP contribution in [0.3, 0.4) is 0 Å². The first-order valence-electron chi connectivity index (χ1n) is 6.74. The molecular weight excluding hydrogens is 296 g/mol. The zero-order valence-corrected chi connectivity index (χ0v) is 12.7. The summed E-state index contributed by atoms with van der Waals surface area (Å²) >= 11 is 0. The van der Waals surface area contributed by atoms with Crippen molar-refractivity contribution in [2.75, 3.05) is 31.9 Å². The molecule has 118 valence electrons. The molecule has 10 heteroatoms. The normalized spacial score (nSPS) is 17.1. The van der Waals surface area contributed by atoms with Gasteiger partial charge in [-0.1, -0.05) is 13.3 Å². The summed E-state index contributed by atoms with van der Waals surface area (Å²) in [7, 11) is -3.70. The number of hydrogen-bond acceptors (Lipinski definition) is 5. The Hall–Kier alpha value is -1.65. The van der Waals surface area contributed by atoms with Crippen molar-refractivity contribution in [2.45, 2.75) is 19.8 Å². The van der Waals surface area contributed by atoms with Gasteiger partial charge in [0.15, 0.2) is 5.69 Å². The first-order valence-corrected chi connectivity index (χ1v) is 8.24. The van der Waals surface area contributed by atoms with Gasteiger partial charge in [-0.15, -0.1) is 0 Å². The fourth-order valence-electron chi connectivity index (χ4n) is 2.29. The minimum atomic E-state index is -3.70. The largest absolute Gasteiger partial charge is 0.395 e. The molecule has 0 saturated carbocycles. The molecule has 1 aliphatic rings. The van der Waals surface area contributed by atoms with Crippen molar-refractivity contribution < 1.29 is 13.2 Å². The van der Waals surface area contributed by atoms with Gasteiger partial charge in [0.1, 0.15) is 0 Å². The lowest BCUT2D eigenvalue weighted by atomic mass is 10.2. The van der Waals surface area contributed by atoms with E-state index in [1.165, 1.54) is 4.90 Å². The van der Waals surface area contributed by atoms with Gasteiger partial charge in [-0.05, 0) is 6.42 Å². The molecule has 1 fully saturated rings. The molecule has 21 heavy (non-hydrogen) atoms. The number of carbonyl (C=O) groups is 1. The first kappa shape index (κ1) is 15.7. The van der Waals surface area contributed by atoms with E-state index in [0.29, 0.717) is 5.69 Å².